The number of nitrogens with zero attached hydrogens (tertiary/aromatic N) is 3. The number of amides is 2. The molecular formula is C14H8ClN3O2S2. The van der Waals surface area contributed by atoms with Crippen molar-refractivity contribution in [3.8, 4) is 0 Å². The molecular weight excluding hydrogens is 342 g/mol. The first-order valence-electron chi connectivity index (χ1n) is 6.47. The molecule has 2 aromatic rings. The Bertz CT molecular complexity index is 840. The third kappa shape index (κ3) is 2.04. The van der Waals surface area contributed by atoms with E-state index < -0.39 is 0 Å². The molecule has 0 unspecified atom stereocenters. The van der Waals surface area contributed by atoms with Crippen LogP contribution < -0.4 is 4.90 Å². The summed E-state index contributed by atoms with van der Waals surface area (Å²) >= 11 is 8.95. The van der Waals surface area contributed by atoms with E-state index in [1.807, 2.05) is 0 Å². The fourth-order valence-corrected chi connectivity index (χ4v) is 4.85. The highest BCUT2D eigenvalue weighted by atomic mass is 35.5. The minimum Gasteiger partial charge on any atom is -0.267 e. The number of hydrogen-bond acceptors (Lipinski definition) is 6. The molecule has 0 saturated carbocycles. The summed E-state index contributed by atoms with van der Waals surface area (Å²) in [5.41, 5.74) is 0.413. The predicted molar refractivity (Wildman–Crippen MR) is 89.0 cm³/mol. The first-order valence-corrected chi connectivity index (χ1v) is 8.81. The zero-order valence-corrected chi connectivity index (χ0v) is 13.5. The van der Waals surface area contributed by atoms with E-state index >= 15 is 0 Å². The van der Waals surface area contributed by atoms with Gasteiger partial charge in [-0.15, -0.1) is 23.5 Å². The molecule has 5 nitrogen and oxygen atoms in total. The molecule has 0 N–H and O–H groups in total. The number of aromatic nitrogens is 2. The van der Waals surface area contributed by atoms with Gasteiger partial charge in [-0.2, -0.15) is 0 Å². The second-order valence-electron chi connectivity index (χ2n) is 4.63. The third-order valence-corrected chi connectivity index (χ3v) is 6.21. The number of halogens is 1. The zero-order chi connectivity index (χ0) is 15.3. The summed E-state index contributed by atoms with van der Waals surface area (Å²) in [7, 11) is 0. The Balaban J connectivity index is 1.80. The van der Waals surface area contributed by atoms with E-state index in [0.717, 1.165) is 16.4 Å². The van der Waals surface area contributed by atoms with Crippen molar-refractivity contribution < 1.29 is 9.59 Å². The summed E-state index contributed by atoms with van der Waals surface area (Å²) in [6.07, 6.45) is 1.55. The molecule has 0 aromatic carbocycles. The lowest BCUT2D eigenvalue weighted by Gasteiger charge is -2.13. The van der Waals surface area contributed by atoms with E-state index in [2.05, 4.69) is 9.97 Å². The SMILES string of the molecule is O=C1C2=C(SCCS2)C(=O)N1c1ccc2c(Cl)ccnc2n1. The quantitative estimate of drug-likeness (QED) is 0.738. The van der Waals surface area contributed by atoms with Crippen molar-refractivity contribution in [3.63, 3.8) is 0 Å². The highest BCUT2D eigenvalue weighted by Gasteiger charge is 2.41. The van der Waals surface area contributed by atoms with Crippen LogP contribution in [0.5, 0.6) is 0 Å². The van der Waals surface area contributed by atoms with Crippen LogP contribution in [0, 0.1) is 0 Å². The van der Waals surface area contributed by atoms with Gasteiger partial charge in [0.05, 0.1) is 14.8 Å². The highest BCUT2D eigenvalue weighted by Crippen LogP contribution is 2.42. The van der Waals surface area contributed by atoms with Crippen LogP contribution in [0.1, 0.15) is 0 Å². The van der Waals surface area contributed by atoms with E-state index in [1.54, 1.807) is 24.4 Å². The van der Waals surface area contributed by atoms with Gasteiger partial charge in [0.15, 0.2) is 5.65 Å². The first kappa shape index (κ1) is 14.0. The Morgan fingerprint density at radius 2 is 1.73 bits per heavy atom. The van der Waals surface area contributed by atoms with Crippen molar-refractivity contribution in [2.45, 2.75) is 0 Å². The number of carbonyl (C=O) groups is 2. The second-order valence-corrected chi connectivity index (χ2v) is 7.25. The van der Waals surface area contributed by atoms with Crippen LogP contribution in [0.3, 0.4) is 0 Å². The molecule has 0 saturated heterocycles. The van der Waals surface area contributed by atoms with Gasteiger partial charge in [-0.3, -0.25) is 9.59 Å². The number of rotatable bonds is 1. The molecule has 22 heavy (non-hydrogen) atoms. The number of thioether (sulfide) groups is 2. The molecule has 0 bridgehead atoms. The minimum absolute atomic E-state index is 0.285. The monoisotopic (exact) mass is 349 g/mol. The van der Waals surface area contributed by atoms with Gasteiger partial charge in [-0.05, 0) is 18.2 Å². The Morgan fingerprint density at radius 1 is 1.05 bits per heavy atom. The maximum Gasteiger partial charge on any atom is 0.274 e. The molecule has 0 radical (unpaired) electrons. The first-order chi connectivity index (χ1) is 10.7. The number of carbonyl (C=O) groups excluding carboxylic acids is 2. The molecule has 0 aliphatic carbocycles. The fourth-order valence-electron chi connectivity index (χ4n) is 2.35. The van der Waals surface area contributed by atoms with Gasteiger partial charge in [-0.1, -0.05) is 11.6 Å². The van der Waals surface area contributed by atoms with Crippen molar-refractivity contribution in [1.82, 2.24) is 9.97 Å². The Hall–Kier alpha value is -1.57. The summed E-state index contributed by atoms with van der Waals surface area (Å²) in [4.78, 5) is 35.6. The summed E-state index contributed by atoms with van der Waals surface area (Å²) in [5.74, 6) is 1.35. The number of pyridine rings is 2. The van der Waals surface area contributed by atoms with E-state index in [-0.39, 0.29) is 17.6 Å². The van der Waals surface area contributed by atoms with Crippen LogP contribution in [0.2, 0.25) is 5.02 Å². The molecule has 110 valence electrons. The lowest BCUT2D eigenvalue weighted by Crippen LogP contribution is -2.31. The highest BCUT2D eigenvalue weighted by molar-refractivity contribution is 8.11. The largest absolute Gasteiger partial charge is 0.274 e. The van der Waals surface area contributed by atoms with Crippen molar-refractivity contribution in [2.75, 3.05) is 16.4 Å². The Morgan fingerprint density at radius 3 is 2.41 bits per heavy atom. The molecule has 4 rings (SSSR count). The van der Waals surface area contributed by atoms with Crippen LogP contribution in [0.4, 0.5) is 5.82 Å². The van der Waals surface area contributed by atoms with Crippen molar-refractivity contribution in [2.24, 2.45) is 0 Å². The second kappa shape index (κ2) is 5.26. The van der Waals surface area contributed by atoms with Gasteiger partial charge in [0.25, 0.3) is 11.8 Å². The number of anilines is 1. The summed E-state index contributed by atoms with van der Waals surface area (Å²) < 4.78 is 0. The molecule has 0 fully saturated rings. The average molecular weight is 350 g/mol. The van der Waals surface area contributed by atoms with E-state index in [1.165, 1.54) is 23.5 Å². The van der Waals surface area contributed by atoms with Crippen LogP contribution in [0.15, 0.2) is 34.2 Å². The topological polar surface area (TPSA) is 63.2 Å². The summed E-state index contributed by atoms with van der Waals surface area (Å²) in [6, 6.07) is 5.02. The van der Waals surface area contributed by atoms with Crippen molar-refractivity contribution >= 4 is 63.8 Å². The van der Waals surface area contributed by atoms with Gasteiger partial charge in [0, 0.05) is 23.1 Å². The average Bonchev–Trinajstić information content (AvgIpc) is 2.79. The van der Waals surface area contributed by atoms with Crippen molar-refractivity contribution in [1.29, 1.82) is 0 Å². The maximum absolute atomic E-state index is 12.5. The van der Waals surface area contributed by atoms with Crippen LogP contribution >= 0.6 is 35.1 Å². The molecule has 2 aliphatic rings. The maximum atomic E-state index is 12.5. The van der Waals surface area contributed by atoms with E-state index in [9.17, 15) is 9.59 Å². The molecule has 8 heteroatoms. The fraction of sp³-hybridized carbons (Fsp3) is 0.143. The zero-order valence-electron chi connectivity index (χ0n) is 11.1. The number of fused-ring (bicyclic) bond motifs is 1. The van der Waals surface area contributed by atoms with Crippen LogP contribution in [-0.4, -0.2) is 33.3 Å². The number of imide groups is 1. The minimum atomic E-state index is -0.300. The standard InChI is InChI=1S/C14H8ClN3O2S2/c15-8-3-4-16-12-7(8)1-2-9(17-12)18-13(19)10-11(14(18)20)22-6-5-21-10/h1-4H,5-6H2. The Labute approximate surface area is 139 Å². The van der Waals surface area contributed by atoms with Crippen molar-refractivity contribution in [3.05, 3.63) is 39.2 Å². The predicted octanol–water partition coefficient (Wildman–Crippen LogP) is 2.85. The Kier molecular flexibility index (Phi) is 3.36. The van der Waals surface area contributed by atoms with E-state index in [4.69, 9.17) is 11.6 Å². The third-order valence-electron chi connectivity index (χ3n) is 3.34. The van der Waals surface area contributed by atoms with Gasteiger partial charge in [-0.25, -0.2) is 14.9 Å². The lowest BCUT2D eigenvalue weighted by molar-refractivity contribution is -0.120. The van der Waals surface area contributed by atoms with Crippen LogP contribution in [-0.2, 0) is 9.59 Å². The molecule has 2 aromatic heterocycles. The summed E-state index contributed by atoms with van der Waals surface area (Å²) in [6.45, 7) is 0. The van der Waals surface area contributed by atoms with Gasteiger partial charge in [0.2, 0.25) is 0 Å². The van der Waals surface area contributed by atoms with Gasteiger partial charge < -0.3 is 0 Å². The molecule has 4 heterocycles. The molecule has 0 atom stereocenters. The molecule has 2 aliphatic heterocycles. The van der Waals surface area contributed by atoms with E-state index in [0.29, 0.717) is 25.9 Å². The smallest absolute Gasteiger partial charge is 0.267 e. The number of hydrogen-bond donors (Lipinski definition) is 0. The normalized spacial score (nSPS) is 18.3. The lowest BCUT2D eigenvalue weighted by atomic mass is 10.3. The van der Waals surface area contributed by atoms with Crippen LogP contribution in [0.25, 0.3) is 11.0 Å². The molecule has 0 spiro atoms. The van der Waals surface area contributed by atoms with Gasteiger partial charge in [0.1, 0.15) is 5.82 Å². The van der Waals surface area contributed by atoms with Gasteiger partial charge >= 0.3 is 0 Å². The molecule has 2 amide bonds. The summed E-state index contributed by atoms with van der Waals surface area (Å²) in [5, 5.41) is 1.22.